The molecule has 0 saturated carbocycles. The minimum Gasteiger partial charge on any atom is -0.478 e. The first-order valence-electron chi connectivity index (χ1n) is 8.43. The number of carboxylic acids is 1. The van der Waals surface area contributed by atoms with Crippen LogP contribution in [-0.4, -0.2) is 33.9 Å². The molecule has 3 aromatic rings. The Kier molecular flexibility index (Phi) is 5.63. The lowest BCUT2D eigenvalue weighted by Gasteiger charge is -2.17. The highest BCUT2D eigenvalue weighted by molar-refractivity contribution is 7.18. The van der Waals surface area contributed by atoms with Gasteiger partial charge in [-0.15, -0.1) is 11.3 Å². The van der Waals surface area contributed by atoms with Crippen molar-refractivity contribution in [1.29, 1.82) is 0 Å². The number of aromatic nitrogens is 1. The Morgan fingerprint density at radius 2 is 1.85 bits per heavy atom. The summed E-state index contributed by atoms with van der Waals surface area (Å²) < 4.78 is 1.18. The minimum absolute atomic E-state index is 0.0772. The van der Waals surface area contributed by atoms with E-state index >= 15 is 0 Å². The molecule has 0 aliphatic carbocycles. The van der Waals surface area contributed by atoms with Gasteiger partial charge < -0.3 is 10.0 Å². The third-order valence-corrected chi connectivity index (χ3v) is 5.26. The van der Waals surface area contributed by atoms with Crippen LogP contribution in [0.4, 0.5) is 0 Å². The average molecular weight is 368 g/mol. The quantitative estimate of drug-likeness (QED) is 0.685. The van der Waals surface area contributed by atoms with Crippen LogP contribution in [0.5, 0.6) is 0 Å². The summed E-state index contributed by atoms with van der Waals surface area (Å²) in [5.74, 6) is -0.871. The number of rotatable bonds is 7. The van der Waals surface area contributed by atoms with E-state index in [2.05, 4.69) is 11.1 Å². The number of nitrogens with zero attached hydrogens (tertiary/aromatic N) is 2. The molecule has 0 aliphatic heterocycles. The van der Waals surface area contributed by atoms with Crippen molar-refractivity contribution in [2.75, 3.05) is 7.05 Å². The fraction of sp³-hybridized carbons (Fsp3) is 0.250. The van der Waals surface area contributed by atoms with Crippen molar-refractivity contribution in [1.82, 2.24) is 9.88 Å². The normalized spacial score (nSPS) is 10.8. The van der Waals surface area contributed by atoms with Crippen LogP contribution in [0.15, 0.2) is 48.5 Å². The molecule has 5 nitrogen and oxygen atoms in total. The lowest BCUT2D eigenvalue weighted by molar-refractivity contribution is -0.130. The Hall–Kier alpha value is -2.73. The molecule has 0 bridgehead atoms. The molecule has 0 aliphatic rings. The van der Waals surface area contributed by atoms with E-state index in [1.165, 1.54) is 4.70 Å². The van der Waals surface area contributed by atoms with E-state index in [1.807, 2.05) is 18.2 Å². The number of carbonyl (C=O) groups is 2. The summed E-state index contributed by atoms with van der Waals surface area (Å²) >= 11 is 1.68. The van der Waals surface area contributed by atoms with Gasteiger partial charge in [-0.2, -0.15) is 0 Å². The van der Waals surface area contributed by atoms with E-state index in [4.69, 9.17) is 5.11 Å². The highest BCUT2D eigenvalue weighted by Crippen LogP contribution is 2.22. The number of para-hydroxylation sites is 1. The first kappa shape index (κ1) is 18.1. The van der Waals surface area contributed by atoms with E-state index in [0.29, 0.717) is 13.0 Å². The largest absolute Gasteiger partial charge is 0.478 e. The van der Waals surface area contributed by atoms with E-state index in [0.717, 1.165) is 28.9 Å². The van der Waals surface area contributed by atoms with Gasteiger partial charge in [-0.25, -0.2) is 9.78 Å². The van der Waals surface area contributed by atoms with E-state index in [-0.39, 0.29) is 11.5 Å². The van der Waals surface area contributed by atoms with Crippen LogP contribution in [0.1, 0.15) is 33.8 Å². The number of carbonyl (C=O) groups excluding carboxylic acids is 1. The fourth-order valence-electron chi connectivity index (χ4n) is 2.72. The maximum Gasteiger partial charge on any atom is 0.335 e. The van der Waals surface area contributed by atoms with Crippen molar-refractivity contribution in [3.8, 4) is 0 Å². The minimum atomic E-state index is -0.948. The molecule has 3 rings (SSSR count). The zero-order chi connectivity index (χ0) is 18.5. The van der Waals surface area contributed by atoms with Crippen molar-refractivity contribution in [3.05, 3.63) is 64.7 Å². The zero-order valence-corrected chi connectivity index (χ0v) is 15.3. The first-order valence-corrected chi connectivity index (χ1v) is 9.25. The maximum absolute atomic E-state index is 12.3. The molecule has 0 saturated heterocycles. The van der Waals surface area contributed by atoms with Crippen LogP contribution in [0.25, 0.3) is 10.2 Å². The molecular weight excluding hydrogens is 348 g/mol. The Morgan fingerprint density at radius 3 is 2.54 bits per heavy atom. The van der Waals surface area contributed by atoms with E-state index in [9.17, 15) is 9.59 Å². The highest BCUT2D eigenvalue weighted by Gasteiger charge is 2.11. The van der Waals surface area contributed by atoms with Gasteiger partial charge in [0.2, 0.25) is 5.91 Å². The number of fused-ring (bicyclic) bond motifs is 1. The smallest absolute Gasteiger partial charge is 0.335 e. The van der Waals surface area contributed by atoms with Crippen LogP contribution in [0.2, 0.25) is 0 Å². The van der Waals surface area contributed by atoms with Crippen molar-refractivity contribution in [2.24, 2.45) is 0 Å². The summed E-state index contributed by atoms with van der Waals surface area (Å²) in [6.07, 6.45) is 2.03. The Morgan fingerprint density at radius 1 is 1.12 bits per heavy atom. The van der Waals surface area contributed by atoms with Gasteiger partial charge in [0.25, 0.3) is 0 Å². The topological polar surface area (TPSA) is 70.5 Å². The number of amides is 1. The molecule has 1 heterocycles. The standard InChI is InChI=1S/C20H20N2O3S/c1-22(13-14-9-11-15(12-10-14)20(24)25)19(23)8-4-7-18-21-16-5-2-3-6-17(16)26-18/h2-3,5-6,9-12H,4,7-8,13H2,1H3,(H,24,25). The molecule has 0 unspecified atom stereocenters. The third-order valence-electron chi connectivity index (χ3n) is 4.17. The number of benzene rings is 2. The van der Waals surface area contributed by atoms with Crippen LogP contribution < -0.4 is 0 Å². The number of carboxylic acid groups (broad SMARTS) is 1. The summed E-state index contributed by atoms with van der Waals surface area (Å²) in [5.41, 5.74) is 2.18. The predicted octanol–water partition coefficient (Wildman–Crippen LogP) is 3.98. The van der Waals surface area contributed by atoms with Crippen molar-refractivity contribution >= 4 is 33.4 Å². The molecule has 1 N–H and O–H groups in total. The summed E-state index contributed by atoms with van der Waals surface area (Å²) in [4.78, 5) is 29.4. The van der Waals surface area contributed by atoms with Gasteiger partial charge in [-0.1, -0.05) is 24.3 Å². The van der Waals surface area contributed by atoms with E-state index in [1.54, 1.807) is 47.5 Å². The molecule has 0 radical (unpaired) electrons. The Balaban J connectivity index is 1.48. The van der Waals surface area contributed by atoms with Gasteiger partial charge in [0.1, 0.15) is 0 Å². The molecule has 6 heteroatoms. The van der Waals surface area contributed by atoms with Gasteiger partial charge in [0.15, 0.2) is 0 Å². The number of aromatic carboxylic acids is 1. The molecule has 134 valence electrons. The van der Waals surface area contributed by atoms with Crippen LogP contribution >= 0.6 is 11.3 Å². The van der Waals surface area contributed by atoms with Crippen LogP contribution in [-0.2, 0) is 17.8 Å². The molecule has 0 spiro atoms. The SMILES string of the molecule is CN(Cc1ccc(C(=O)O)cc1)C(=O)CCCc1nc2ccccc2s1. The van der Waals surface area contributed by atoms with E-state index < -0.39 is 5.97 Å². The van der Waals surface area contributed by atoms with Crippen LogP contribution in [0.3, 0.4) is 0 Å². The second-order valence-electron chi connectivity index (χ2n) is 6.18. The molecule has 1 aromatic heterocycles. The summed E-state index contributed by atoms with van der Waals surface area (Å²) in [6.45, 7) is 0.472. The zero-order valence-electron chi connectivity index (χ0n) is 14.5. The van der Waals surface area contributed by atoms with Gasteiger partial charge in [0.05, 0.1) is 20.8 Å². The van der Waals surface area contributed by atoms with Crippen molar-refractivity contribution in [3.63, 3.8) is 0 Å². The summed E-state index contributed by atoms with van der Waals surface area (Å²) in [5, 5.41) is 9.98. The first-order chi connectivity index (χ1) is 12.5. The van der Waals surface area contributed by atoms with Gasteiger partial charge in [-0.05, 0) is 42.7 Å². The number of hydrogen-bond acceptors (Lipinski definition) is 4. The number of thiazole rings is 1. The predicted molar refractivity (Wildman–Crippen MR) is 102 cm³/mol. The van der Waals surface area contributed by atoms with Gasteiger partial charge >= 0.3 is 5.97 Å². The van der Waals surface area contributed by atoms with Gasteiger partial charge in [-0.3, -0.25) is 4.79 Å². The van der Waals surface area contributed by atoms with Crippen molar-refractivity contribution in [2.45, 2.75) is 25.8 Å². The Labute approximate surface area is 155 Å². The summed E-state index contributed by atoms with van der Waals surface area (Å²) in [7, 11) is 1.77. The maximum atomic E-state index is 12.3. The molecular formula is C20H20N2O3S. The van der Waals surface area contributed by atoms with Crippen LogP contribution in [0, 0.1) is 0 Å². The second-order valence-corrected chi connectivity index (χ2v) is 7.30. The van der Waals surface area contributed by atoms with Crippen molar-refractivity contribution < 1.29 is 14.7 Å². The molecule has 26 heavy (non-hydrogen) atoms. The average Bonchev–Trinajstić information content (AvgIpc) is 3.04. The fourth-order valence-corrected chi connectivity index (χ4v) is 3.73. The number of aryl methyl sites for hydroxylation is 1. The number of hydrogen-bond donors (Lipinski definition) is 1. The lowest BCUT2D eigenvalue weighted by Crippen LogP contribution is -2.26. The monoisotopic (exact) mass is 368 g/mol. The highest BCUT2D eigenvalue weighted by atomic mass is 32.1. The molecule has 0 atom stereocenters. The second kappa shape index (κ2) is 8.10. The molecule has 2 aromatic carbocycles. The lowest BCUT2D eigenvalue weighted by atomic mass is 10.1. The summed E-state index contributed by atoms with van der Waals surface area (Å²) in [6, 6.07) is 14.7. The Bertz CT molecular complexity index is 885. The molecule has 0 fully saturated rings. The molecule has 1 amide bonds. The third kappa shape index (κ3) is 4.46. The van der Waals surface area contributed by atoms with Gasteiger partial charge in [0, 0.05) is 20.0 Å².